The molecule has 0 heterocycles. The molecule has 0 amide bonds. The minimum absolute atomic E-state index is 0.497. The number of nitrogens with two attached hydrogens (primary N) is 2. The van der Waals surface area contributed by atoms with Crippen LogP contribution in [-0.4, -0.2) is 0 Å². The Hall–Kier alpha value is -1.96. The maximum Gasteiger partial charge on any atom is 0.0346 e. The normalized spacial score (nSPS) is 41.3. The lowest BCUT2D eigenvalue weighted by Gasteiger charge is -2.57. The van der Waals surface area contributed by atoms with Gasteiger partial charge in [-0.2, -0.15) is 0 Å². The third-order valence-electron chi connectivity index (χ3n) is 11.9. The van der Waals surface area contributed by atoms with Crippen LogP contribution in [0.15, 0.2) is 36.4 Å². The average molecular weight is 483 g/mol. The van der Waals surface area contributed by atoms with E-state index in [1.807, 2.05) is 0 Å². The standard InChI is InChI=1S/2C17H23N/c2*1-11-2-3-15(7-16(11)18)17-8-12-4-13(9-17)6-14(5-12)10-17/h2*2-3,7,12-14H,4-6,8-10,18H2,1H3. The molecule has 192 valence electrons. The fourth-order valence-electron chi connectivity index (χ4n) is 10.9. The van der Waals surface area contributed by atoms with Crippen LogP contribution in [0.5, 0.6) is 0 Å². The summed E-state index contributed by atoms with van der Waals surface area (Å²) in [5.74, 6) is 6.08. The quantitative estimate of drug-likeness (QED) is 0.425. The fourth-order valence-corrected chi connectivity index (χ4v) is 10.9. The van der Waals surface area contributed by atoms with Crippen LogP contribution in [0.4, 0.5) is 11.4 Å². The van der Waals surface area contributed by atoms with Gasteiger partial charge in [0.1, 0.15) is 0 Å². The number of anilines is 2. The van der Waals surface area contributed by atoms with Crippen molar-refractivity contribution < 1.29 is 0 Å². The first-order valence-electron chi connectivity index (χ1n) is 15.0. The Morgan fingerprint density at radius 2 is 0.778 bits per heavy atom. The first kappa shape index (κ1) is 23.2. The van der Waals surface area contributed by atoms with E-state index in [0.717, 1.165) is 46.9 Å². The van der Waals surface area contributed by atoms with Crippen LogP contribution in [0.3, 0.4) is 0 Å². The molecular formula is C34H46N2. The Bertz CT molecular complexity index is 998. The fraction of sp³-hybridized carbons (Fsp3) is 0.647. The van der Waals surface area contributed by atoms with Gasteiger partial charge < -0.3 is 11.5 Å². The Labute approximate surface area is 218 Å². The number of rotatable bonds is 2. The number of nitrogen functional groups attached to an aromatic ring is 2. The third-order valence-corrected chi connectivity index (χ3v) is 11.9. The summed E-state index contributed by atoms with van der Waals surface area (Å²) in [5.41, 5.74) is 20.8. The second-order valence-electron chi connectivity index (χ2n) is 14.5. The summed E-state index contributed by atoms with van der Waals surface area (Å²) in [7, 11) is 0. The first-order valence-corrected chi connectivity index (χ1v) is 15.0. The summed E-state index contributed by atoms with van der Waals surface area (Å²) >= 11 is 0. The van der Waals surface area contributed by atoms with Crippen molar-refractivity contribution in [3.63, 3.8) is 0 Å². The van der Waals surface area contributed by atoms with Gasteiger partial charge in [0.05, 0.1) is 0 Å². The molecule has 0 aliphatic heterocycles. The van der Waals surface area contributed by atoms with E-state index < -0.39 is 0 Å². The van der Waals surface area contributed by atoms with Gasteiger partial charge >= 0.3 is 0 Å². The SMILES string of the molecule is Cc1ccc(C23CC4CC(CC(C4)C2)C3)cc1N.Cc1ccc(C23CC4CC(CC(C4)C2)C3)cc1N. The molecule has 8 aliphatic rings. The zero-order valence-electron chi connectivity index (χ0n) is 22.6. The molecule has 0 aromatic heterocycles. The molecule has 4 N–H and O–H groups in total. The van der Waals surface area contributed by atoms with E-state index in [1.54, 1.807) is 11.1 Å². The molecule has 36 heavy (non-hydrogen) atoms. The van der Waals surface area contributed by atoms with Crippen molar-refractivity contribution in [1.82, 2.24) is 0 Å². The number of benzene rings is 2. The van der Waals surface area contributed by atoms with Gasteiger partial charge in [-0.1, -0.05) is 24.3 Å². The van der Waals surface area contributed by atoms with E-state index >= 15 is 0 Å². The Morgan fingerprint density at radius 1 is 0.500 bits per heavy atom. The summed E-state index contributed by atoms with van der Waals surface area (Å²) in [5, 5.41) is 0. The van der Waals surface area contributed by atoms with Gasteiger partial charge in [-0.15, -0.1) is 0 Å². The van der Waals surface area contributed by atoms with Crippen molar-refractivity contribution in [1.29, 1.82) is 0 Å². The lowest BCUT2D eigenvalue weighted by molar-refractivity contribution is -0.00528. The van der Waals surface area contributed by atoms with Crippen molar-refractivity contribution in [2.24, 2.45) is 35.5 Å². The summed E-state index contributed by atoms with van der Waals surface area (Å²) in [6.07, 6.45) is 17.7. The second kappa shape index (κ2) is 8.27. The zero-order chi connectivity index (χ0) is 24.7. The Kier molecular flexibility index (Phi) is 5.32. The predicted octanol–water partition coefficient (Wildman–Crippen LogP) is 8.09. The molecular weight excluding hydrogens is 436 g/mol. The van der Waals surface area contributed by atoms with Gasteiger partial charge in [0.2, 0.25) is 0 Å². The van der Waals surface area contributed by atoms with E-state index in [4.69, 9.17) is 11.5 Å². The Morgan fingerprint density at radius 3 is 1.03 bits per heavy atom. The van der Waals surface area contributed by atoms with E-state index in [2.05, 4.69) is 50.2 Å². The van der Waals surface area contributed by atoms with Crippen LogP contribution in [0, 0.1) is 49.4 Å². The molecule has 10 rings (SSSR count). The predicted molar refractivity (Wildman–Crippen MR) is 151 cm³/mol. The number of aryl methyl sites for hydroxylation is 2. The van der Waals surface area contributed by atoms with Crippen molar-refractivity contribution in [2.75, 3.05) is 11.5 Å². The van der Waals surface area contributed by atoms with Crippen LogP contribution >= 0.6 is 0 Å². The molecule has 8 saturated carbocycles. The number of hydrogen-bond donors (Lipinski definition) is 2. The van der Waals surface area contributed by atoms with E-state index in [1.165, 1.54) is 88.2 Å². The second-order valence-corrected chi connectivity index (χ2v) is 14.5. The van der Waals surface area contributed by atoms with E-state index in [0.29, 0.717) is 10.8 Å². The maximum atomic E-state index is 6.14. The minimum Gasteiger partial charge on any atom is -0.399 e. The maximum absolute atomic E-state index is 6.14. The van der Waals surface area contributed by atoms with Crippen LogP contribution < -0.4 is 11.5 Å². The minimum atomic E-state index is 0.497. The topological polar surface area (TPSA) is 52.0 Å². The lowest BCUT2D eigenvalue weighted by Crippen LogP contribution is -2.48. The van der Waals surface area contributed by atoms with Crippen LogP contribution in [0.25, 0.3) is 0 Å². The van der Waals surface area contributed by atoms with E-state index in [-0.39, 0.29) is 0 Å². The van der Waals surface area contributed by atoms with Gasteiger partial charge in [-0.25, -0.2) is 0 Å². The van der Waals surface area contributed by atoms with Crippen molar-refractivity contribution in [3.05, 3.63) is 58.7 Å². The molecule has 0 saturated heterocycles. The number of hydrogen-bond acceptors (Lipinski definition) is 2. The van der Waals surface area contributed by atoms with Gasteiger partial charge in [0.15, 0.2) is 0 Å². The first-order chi connectivity index (χ1) is 17.3. The van der Waals surface area contributed by atoms with E-state index in [9.17, 15) is 0 Å². The average Bonchev–Trinajstić information content (AvgIpc) is 2.81. The molecule has 0 unspecified atom stereocenters. The summed E-state index contributed by atoms with van der Waals surface area (Å²) in [4.78, 5) is 0. The smallest absolute Gasteiger partial charge is 0.0346 e. The molecule has 0 radical (unpaired) electrons. The third kappa shape index (κ3) is 3.81. The highest BCUT2D eigenvalue weighted by Gasteiger charge is 2.52. The molecule has 2 nitrogen and oxygen atoms in total. The summed E-state index contributed by atoms with van der Waals surface area (Å²) in [6.45, 7) is 4.22. The molecule has 2 heteroatoms. The van der Waals surface area contributed by atoms with Crippen LogP contribution in [0.1, 0.15) is 99.3 Å². The summed E-state index contributed by atoms with van der Waals surface area (Å²) < 4.78 is 0. The Balaban J connectivity index is 0.000000122. The largest absolute Gasteiger partial charge is 0.399 e. The molecule has 8 fully saturated rings. The molecule has 0 spiro atoms. The zero-order valence-corrected chi connectivity index (χ0v) is 22.6. The monoisotopic (exact) mass is 482 g/mol. The molecule has 8 bridgehead atoms. The molecule has 2 aromatic rings. The highest BCUT2D eigenvalue weighted by atomic mass is 14.6. The van der Waals surface area contributed by atoms with Crippen molar-refractivity contribution in [2.45, 2.75) is 102 Å². The molecule has 0 atom stereocenters. The molecule has 2 aromatic carbocycles. The van der Waals surface area contributed by atoms with Crippen molar-refractivity contribution in [3.8, 4) is 0 Å². The highest BCUT2D eigenvalue weighted by molar-refractivity contribution is 5.51. The van der Waals surface area contributed by atoms with Crippen LogP contribution in [-0.2, 0) is 10.8 Å². The summed E-state index contributed by atoms with van der Waals surface area (Å²) in [6, 6.07) is 13.7. The lowest BCUT2D eigenvalue weighted by atomic mass is 9.48. The molecule has 8 aliphatic carbocycles. The van der Waals surface area contributed by atoms with Crippen molar-refractivity contribution >= 4 is 11.4 Å². The van der Waals surface area contributed by atoms with Gasteiger partial charge in [0.25, 0.3) is 0 Å². The van der Waals surface area contributed by atoms with Gasteiger partial charge in [-0.3, -0.25) is 0 Å². The van der Waals surface area contributed by atoms with Crippen LogP contribution in [0.2, 0.25) is 0 Å². The van der Waals surface area contributed by atoms with Gasteiger partial charge in [0, 0.05) is 11.4 Å². The van der Waals surface area contributed by atoms with Gasteiger partial charge in [-0.05, 0) is 172 Å². The highest BCUT2D eigenvalue weighted by Crippen LogP contribution is 2.62.